The number of ether oxygens (including phenoxy) is 1. The minimum Gasteiger partial charge on any atom is -0.383 e. The molecule has 0 atom stereocenters. The van der Waals surface area contributed by atoms with E-state index in [4.69, 9.17) is 4.74 Å². The molecule has 0 aromatic carbocycles. The van der Waals surface area contributed by atoms with Crippen molar-refractivity contribution in [2.45, 2.75) is 6.54 Å². The molecule has 2 heterocycles. The van der Waals surface area contributed by atoms with Gasteiger partial charge in [-0.1, -0.05) is 0 Å². The van der Waals surface area contributed by atoms with Gasteiger partial charge in [0, 0.05) is 31.3 Å². The molecule has 7 heteroatoms. The first kappa shape index (κ1) is 13.9. The number of carbonyl (C=O) groups excluding carboxylic acids is 1. The summed E-state index contributed by atoms with van der Waals surface area (Å²) in [4.78, 5) is 27.4. The summed E-state index contributed by atoms with van der Waals surface area (Å²) in [5.41, 5.74) is 0.501. The Morgan fingerprint density at radius 1 is 1.30 bits per heavy atom. The summed E-state index contributed by atoms with van der Waals surface area (Å²) in [6, 6.07) is 6.03. The fourth-order valence-corrected chi connectivity index (χ4v) is 1.54. The number of carbonyl (C=O) groups is 1. The zero-order valence-corrected chi connectivity index (χ0v) is 10.9. The van der Waals surface area contributed by atoms with Gasteiger partial charge in [-0.05, 0) is 18.2 Å². The Hall–Kier alpha value is -2.54. The minimum atomic E-state index is -0.387. The predicted molar refractivity (Wildman–Crippen MR) is 72.6 cm³/mol. The largest absolute Gasteiger partial charge is 0.383 e. The normalized spacial score (nSPS) is 10.2. The molecular formula is C13H14N4O3. The first-order chi connectivity index (χ1) is 9.70. The number of methoxy groups -OCH3 is 1. The van der Waals surface area contributed by atoms with E-state index in [-0.39, 0.29) is 17.2 Å². The number of hydrogen-bond acceptors (Lipinski definition) is 5. The van der Waals surface area contributed by atoms with Gasteiger partial charge in [0.1, 0.15) is 5.69 Å². The molecule has 0 fully saturated rings. The number of anilines is 1. The van der Waals surface area contributed by atoms with Gasteiger partial charge in [0.25, 0.3) is 11.5 Å². The van der Waals surface area contributed by atoms with Crippen LogP contribution in [-0.2, 0) is 11.3 Å². The highest BCUT2D eigenvalue weighted by Gasteiger charge is 2.09. The van der Waals surface area contributed by atoms with Crippen LogP contribution in [-0.4, -0.2) is 34.4 Å². The average molecular weight is 274 g/mol. The number of aromatic nitrogens is 3. The number of pyridine rings is 1. The minimum absolute atomic E-state index is 0.164. The maximum Gasteiger partial charge on any atom is 0.276 e. The van der Waals surface area contributed by atoms with Crippen molar-refractivity contribution in [3.8, 4) is 0 Å². The molecule has 0 saturated carbocycles. The highest BCUT2D eigenvalue weighted by atomic mass is 16.5. The smallest absolute Gasteiger partial charge is 0.276 e. The van der Waals surface area contributed by atoms with Crippen molar-refractivity contribution in [3.63, 3.8) is 0 Å². The monoisotopic (exact) mass is 274 g/mol. The number of hydrogen-bond donors (Lipinski definition) is 1. The van der Waals surface area contributed by atoms with Crippen LogP contribution < -0.4 is 10.9 Å². The van der Waals surface area contributed by atoms with E-state index < -0.39 is 0 Å². The molecule has 2 aromatic heterocycles. The van der Waals surface area contributed by atoms with E-state index in [1.807, 2.05) is 0 Å². The van der Waals surface area contributed by atoms with Crippen molar-refractivity contribution >= 4 is 11.6 Å². The summed E-state index contributed by atoms with van der Waals surface area (Å²) >= 11 is 0. The van der Waals surface area contributed by atoms with Gasteiger partial charge >= 0.3 is 0 Å². The van der Waals surface area contributed by atoms with E-state index >= 15 is 0 Å². The number of nitrogens with one attached hydrogen (secondary N) is 1. The van der Waals surface area contributed by atoms with Crippen molar-refractivity contribution in [3.05, 3.63) is 52.7 Å². The quantitative estimate of drug-likeness (QED) is 0.859. The Morgan fingerprint density at radius 2 is 2.05 bits per heavy atom. The van der Waals surface area contributed by atoms with Gasteiger partial charge in [0.15, 0.2) is 0 Å². The van der Waals surface area contributed by atoms with Gasteiger partial charge in [-0.15, -0.1) is 0 Å². The first-order valence-electron chi connectivity index (χ1n) is 5.99. The predicted octanol–water partition coefficient (Wildman–Crippen LogP) is 0.537. The van der Waals surface area contributed by atoms with Crippen LogP contribution in [0.3, 0.4) is 0 Å². The Bertz CT molecular complexity index is 640. The molecule has 1 amide bonds. The SMILES string of the molecule is COCCn1nc(C(=O)Nc2ccncc2)ccc1=O. The van der Waals surface area contributed by atoms with Gasteiger partial charge in [-0.2, -0.15) is 5.10 Å². The summed E-state index contributed by atoms with van der Waals surface area (Å²) in [5, 5.41) is 6.68. The van der Waals surface area contributed by atoms with Crippen LogP contribution in [0.5, 0.6) is 0 Å². The Kier molecular flexibility index (Phi) is 4.56. The molecule has 104 valence electrons. The standard InChI is InChI=1S/C13H14N4O3/c1-20-9-8-17-12(18)3-2-11(16-17)13(19)15-10-4-6-14-7-5-10/h2-7H,8-9H2,1H3,(H,14,15,19). The summed E-state index contributed by atoms with van der Waals surface area (Å²) < 4.78 is 6.09. The van der Waals surface area contributed by atoms with Crippen LogP contribution in [0, 0.1) is 0 Å². The van der Waals surface area contributed by atoms with E-state index in [9.17, 15) is 9.59 Å². The van der Waals surface area contributed by atoms with Crippen molar-refractivity contribution < 1.29 is 9.53 Å². The molecule has 0 bridgehead atoms. The maximum absolute atomic E-state index is 12.0. The second kappa shape index (κ2) is 6.58. The molecular weight excluding hydrogens is 260 g/mol. The topological polar surface area (TPSA) is 86.1 Å². The summed E-state index contributed by atoms with van der Waals surface area (Å²) in [6.45, 7) is 0.647. The molecule has 2 rings (SSSR count). The second-order valence-electron chi connectivity index (χ2n) is 3.96. The lowest BCUT2D eigenvalue weighted by Gasteiger charge is -2.07. The number of amides is 1. The Morgan fingerprint density at radius 3 is 2.75 bits per heavy atom. The maximum atomic E-state index is 12.0. The summed E-state index contributed by atoms with van der Waals surface area (Å²) in [5.74, 6) is -0.387. The van der Waals surface area contributed by atoms with Crippen LogP contribution in [0.25, 0.3) is 0 Å². The van der Waals surface area contributed by atoms with E-state index in [0.29, 0.717) is 18.8 Å². The van der Waals surface area contributed by atoms with Crippen molar-refractivity contribution in [2.24, 2.45) is 0 Å². The molecule has 0 aliphatic heterocycles. The van der Waals surface area contributed by atoms with Gasteiger partial charge in [-0.3, -0.25) is 14.6 Å². The van der Waals surface area contributed by atoms with Crippen molar-refractivity contribution in [1.29, 1.82) is 0 Å². The summed E-state index contributed by atoms with van der Waals surface area (Å²) in [6.07, 6.45) is 3.14. The Balaban J connectivity index is 2.16. The van der Waals surface area contributed by atoms with Crippen molar-refractivity contribution in [1.82, 2.24) is 14.8 Å². The van der Waals surface area contributed by atoms with E-state index in [0.717, 1.165) is 0 Å². The molecule has 0 aliphatic carbocycles. The van der Waals surface area contributed by atoms with Gasteiger partial charge < -0.3 is 10.1 Å². The third-order valence-corrected chi connectivity index (χ3v) is 2.54. The lowest BCUT2D eigenvalue weighted by molar-refractivity contribution is 0.101. The van der Waals surface area contributed by atoms with Crippen LogP contribution in [0.1, 0.15) is 10.5 Å². The fraction of sp³-hybridized carbons (Fsp3) is 0.231. The Labute approximate surface area is 115 Å². The molecule has 0 spiro atoms. The van der Waals surface area contributed by atoms with E-state index in [2.05, 4.69) is 15.4 Å². The van der Waals surface area contributed by atoms with Crippen LogP contribution in [0.15, 0.2) is 41.5 Å². The lowest BCUT2D eigenvalue weighted by atomic mass is 10.3. The molecule has 1 N–H and O–H groups in total. The van der Waals surface area contributed by atoms with Gasteiger partial charge in [-0.25, -0.2) is 4.68 Å². The molecule has 20 heavy (non-hydrogen) atoms. The molecule has 2 aromatic rings. The lowest BCUT2D eigenvalue weighted by Crippen LogP contribution is -2.27. The second-order valence-corrected chi connectivity index (χ2v) is 3.96. The highest BCUT2D eigenvalue weighted by Crippen LogP contribution is 2.05. The molecule has 0 saturated heterocycles. The van der Waals surface area contributed by atoms with Crippen LogP contribution in [0.2, 0.25) is 0 Å². The van der Waals surface area contributed by atoms with Gasteiger partial charge in [0.05, 0.1) is 13.2 Å². The third kappa shape index (κ3) is 3.48. The average Bonchev–Trinajstić information content (AvgIpc) is 2.47. The zero-order chi connectivity index (χ0) is 14.4. The molecule has 0 unspecified atom stereocenters. The number of nitrogens with zero attached hydrogens (tertiary/aromatic N) is 3. The van der Waals surface area contributed by atoms with Gasteiger partial charge in [0.2, 0.25) is 0 Å². The fourth-order valence-electron chi connectivity index (χ4n) is 1.54. The van der Waals surface area contributed by atoms with E-state index in [1.54, 1.807) is 24.5 Å². The first-order valence-corrected chi connectivity index (χ1v) is 5.99. The molecule has 0 aliphatic rings. The summed E-state index contributed by atoms with van der Waals surface area (Å²) in [7, 11) is 1.53. The van der Waals surface area contributed by atoms with Crippen LogP contribution in [0.4, 0.5) is 5.69 Å². The van der Waals surface area contributed by atoms with Crippen molar-refractivity contribution in [2.75, 3.05) is 19.0 Å². The number of rotatable bonds is 5. The third-order valence-electron chi connectivity index (χ3n) is 2.54. The zero-order valence-electron chi connectivity index (χ0n) is 10.9. The highest BCUT2D eigenvalue weighted by molar-refractivity contribution is 6.02. The molecule has 0 radical (unpaired) electrons. The van der Waals surface area contributed by atoms with Crippen LogP contribution >= 0.6 is 0 Å². The molecule has 7 nitrogen and oxygen atoms in total. The van der Waals surface area contributed by atoms with E-state index in [1.165, 1.54) is 23.9 Å².